The lowest BCUT2D eigenvalue weighted by Gasteiger charge is -2.15. The number of carbonyl (C=O) groups excluding carboxylic acids is 1. The van der Waals surface area contributed by atoms with Gasteiger partial charge >= 0.3 is 0 Å². The second kappa shape index (κ2) is 6.61. The number of ether oxygens (including phenoxy) is 1. The number of hydrogen-bond acceptors (Lipinski definition) is 3. The zero-order valence-electron chi connectivity index (χ0n) is 14.4. The van der Waals surface area contributed by atoms with Gasteiger partial charge in [0.15, 0.2) is 5.78 Å². The number of nitrogens with zero attached hydrogens (tertiary/aromatic N) is 2. The van der Waals surface area contributed by atoms with Crippen LogP contribution in [0, 0.1) is 5.82 Å². The van der Waals surface area contributed by atoms with E-state index in [-0.39, 0.29) is 11.6 Å². The van der Waals surface area contributed by atoms with Crippen molar-refractivity contribution in [3.05, 3.63) is 35.9 Å². The van der Waals surface area contributed by atoms with Gasteiger partial charge in [-0.2, -0.15) is 0 Å². The van der Waals surface area contributed by atoms with Crippen molar-refractivity contribution in [2.75, 3.05) is 6.61 Å². The molecule has 0 N–H and O–H groups in total. The fourth-order valence-corrected chi connectivity index (χ4v) is 3.54. The van der Waals surface area contributed by atoms with E-state index < -0.39 is 8.07 Å². The number of rotatable bonds is 6. The maximum atomic E-state index is 14.8. The predicted molar refractivity (Wildman–Crippen MR) is 96.0 cm³/mol. The van der Waals surface area contributed by atoms with Crippen molar-refractivity contribution in [3.63, 3.8) is 0 Å². The van der Waals surface area contributed by atoms with Gasteiger partial charge in [-0.3, -0.25) is 4.79 Å². The number of pyridine rings is 1. The molecular formula is C18H23FN2O2Si. The van der Waals surface area contributed by atoms with E-state index in [4.69, 9.17) is 4.74 Å². The van der Waals surface area contributed by atoms with E-state index in [9.17, 15) is 9.18 Å². The van der Waals surface area contributed by atoms with Crippen LogP contribution in [0.25, 0.3) is 16.6 Å². The summed E-state index contributed by atoms with van der Waals surface area (Å²) in [4.78, 5) is 15.8. The fraction of sp³-hybridized carbons (Fsp3) is 0.444. The number of allylic oxidation sites excluding steroid dienone is 2. The van der Waals surface area contributed by atoms with Gasteiger partial charge in [-0.15, -0.1) is 0 Å². The third-order valence-corrected chi connectivity index (χ3v) is 5.98. The lowest BCUT2D eigenvalue weighted by molar-refractivity contribution is -0.114. The van der Waals surface area contributed by atoms with Crippen molar-refractivity contribution < 1.29 is 13.9 Å². The van der Waals surface area contributed by atoms with Crippen LogP contribution in [0.1, 0.15) is 18.4 Å². The molecule has 3 rings (SSSR count). The molecule has 2 aromatic rings. The van der Waals surface area contributed by atoms with Gasteiger partial charge in [0.05, 0.1) is 5.39 Å². The van der Waals surface area contributed by atoms with Crippen molar-refractivity contribution in [2.45, 2.75) is 45.3 Å². The van der Waals surface area contributed by atoms with Crippen molar-refractivity contribution >= 4 is 30.5 Å². The minimum atomic E-state index is -1.11. The Morgan fingerprint density at radius 1 is 1.33 bits per heavy atom. The average Bonchev–Trinajstić information content (AvgIpc) is 3.10. The molecule has 6 heteroatoms. The summed E-state index contributed by atoms with van der Waals surface area (Å²) >= 11 is 0. The molecule has 0 amide bonds. The van der Waals surface area contributed by atoms with Gasteiger partial charge in [-0.1, -0.05) is 19.6 Å². The molecule has 128 valence electrons. The minimum Gasteiger partial charge on any atom is -0.361 e. The van der Waals surface area contributed by atoms with Gasteiger partial charge in [0.2, 0.25) is 0 Å². The Bertz CT molecular complexity index is 805. The van der Waals surface area contributed by atoms with Gasteiger partial charge in [-0.25, -0.2) is 9.37 Å². The Hall–Kier alpha value is -1.79. The molecule has 0 unspecified atom stereocenters. The van der Waals surface area contributed by atoms with E-state index in [0.717, 1.165) is 11.6 Å². The molecule has 1 aliphatic carbocycles. The average molecular weight is 346 g/mol. The van der Waals surface area contributed by atoms with Crippen LogP contribution in [-0.2, 0) is 16.3 Å². The number of carbonyl (C=O) groups is 1. The molecule has 0 radical (unpaired) electrons. The highest BCUT2D eigenvalue weighted by atomic mass is 28.3. The first-order valence-electron chi connectivity index (χ1n) is 8.30. The second-order valence-electron chi connectivity index (χ2n) is 7.49. The minimum absolute atomic E-state index is 0.0536. The molecule has 2 heterocycles. The van der Waals surface area contributed by atoms with Crippen LogP contribution >= 0.6 is 0 Å². The Morgan fingerprint density at radius 2 is 2.12 bits per heavy atom. The Morgan fingerprint density at radius 3 is 2.79 bits per heavy atom. The van der Waals surface area contributed by atoms with Gasteiger partial charge in [-0.05, 0) is 30.2 Å². The maximum Gasteiger partial charge on any atom is 0.156 e. The third kappa shape index (κ3) is 3.65. The van der Waals surface area contributed by atoms with E-state index in [1.807, 2.05) is 4.57 Å². The van der Waals surface area contributed by atoms with E-state index in [1.165, 1.54) is 12.3 Å². The largest absolute Gasteiger partial charge is 0.361 e. The summed E-state index contributed by atoms with van der Waals surface area (Å²) < 4.78 is 22.3. The van der Waals surface area contributed by atoms with Crippen LogP contribution in [0.3, 0.4) is 0 Å². The Kier molecular flexibility index (Phi) is 4.69. The van der Waals surface area contributed by atoms with E-state index in [1.54, 1.807) is 12.3 Å². The summed E-state index contributed by atoms with van der Waals surface area (Å²) in [6.07, 6.45) is 5.90. The van der Waals surface area contributed by atoms with Crippen molar-refractivity contribution in [1.82, 2.24) is 9.55 Å². The molecule has 2 aromatic heterocycles. The van der Waals surface area contributed by atoms with Crippen molar-refractivity contribution in [2.24, 2.45) is 0 Å². The van der Waals surface area contributed by atoms with Crippen LogP contribution in [0.5, 0.6) is 0 Å². The molecule has 0 spiro atoms. The molecular weight excluding hydrogens is 323 g/mol. The Balaban J connectivity index is 1.77. The van der Waals surface area contributed by atoms with Gasteiger partial charge in [0, 0.05) is 39.1 Å². The van der Waals surface area contributed by atoms with E-state index in [0.29, 0.717) is 42.8 Å². The number of hydrogen-bond donors (Lipinski definition) is 0. The normalized spacial score (nSPS) is 15.3. The summed E-state index contributed by atoms with van der Waals surface area (Å²) in [7, 11) is -1.11. The quantitative estimate of drug-likeness (QED) is 0.581. The highest BCUT2D eigenvalue weighted by Gasteiger charge is 2.20. The molecule has 24 heavy (non-hydrogen) atoms. The monoisotopic (exact) mass is 346 g/mol. The number of aromatic nitrogens is 2. The van der Waals surface area contributed by atoms with Crippen LogP contribution in [0.15, 0.2) is 24.5 Å². The third-order valence-electron chi connectivity index (χ3n) is 4.27. The van der Waals surface area contributed by atoms with Gasteiger partial charge in [0.1, 0.15) is 18.2 Å². The van der Waals surface area contributed by atoms with Crippen LogP contribution in [-0.4, -0.2) is 30.0 Å². The fourth-order valence-electron chi connectivity index (χ4n) is 2.79. The molecule has 0 saturated heterocycles. The SMILES string of the molecule is C[Si](C)(C)CCOCn1ccc2c(F)c(C3=CC(=O)CC3)cnc21. The van der Waals surface area contributed by atoms with Crippen LogP contribution in [0.2, 0.25) is 25.7 Å². The van der Waals surface area contributed by atoms with Crippen molar-refractivity contribution in [1.29, 1.82) is 0 Å². The highest BCUT2D eigenvalue weighted by Crippen LogP contribution is 2.30. The summed E-state index contributed by atoms with van der Waals surface area (Å²) in [5, 5.41) is 0.474. The molecule has 1 aliphatic rings. The smallest absolute Gasteiger partial charge is 0.156 e. The zero-order chi connectivity index (χ0) is 17.3. The topological polar surface area (TPSA) is 44.1 Å². The summed E-state index contributed by atoms with van der Waals surface area (Å²) in [6, 6.07) is 2.82. The van der Waals surface area contributed by atoms with Crippen LogP contribution in [0.4, 0.5) is 4.39 Å². The molecule has 0 bridgehead atoms. The second-order valence-corrected chi connectivity index (χ2v) is 13.1. The molecule has 4 nitrogen and oxygen atoms in total. The van der Waals surface area contributed by atoms with Gasteiger partial charge < -0.3 is 9.30 Å². The lowest BCUT2D eigenvalue weighted by Crippen LogP contribution is -2.22. The highest BCUT2D eigenvalue weighted by molar-refractivity contribution is 6.76. The van der Waals surface area contributed by atoms with E-state index >= 15 is 0 Å². The number of halogens is 1. The molecule has 0 saturated carbocycles. The molecule has 0 aliphatic heterocycles. The molecule has 0 atom stereocenters. The van der Waals surface area contributed by atoms with Crippen molar-refractivity contribution in [3.8, 4) is 0 Å². The first-order chi connectivity index (χ1) is 11.3. The lowest BCUT2D eigenvalue weighted by atomic mass is 10.1. The van der Waals surface area contributed by atoms with Gasteiger partial charge in [0.25, 0.3) is 0 Å². The maximum absolute atomic E-state index is 14.8. The molecule has 0 fully saturated rings. The summed E-state index contributed by atoms with van der Waals surface area (Å²) in [5.74, 6) is -0.250. The van der Waals surface area contributed by atoms with Crippen LogP contribution < -0.4 is 0 Å². The first-order valence-corrected chi connectivity index (χ1v) is 12.0. The van der Waals surface area contributed by atoms with E-state index in [2.05, 4.69) is 24.6 Å². The standard InChI is InChI=1S/C18H23FN2O2Si/c1-24(2,3)9-8-23-12-21-7-6-15-17(19)16(11-20-18(15)21)13-4-5-14(22)10-13/h6-7,10-11H,4-5,8-9,12H2,1-3H3. The number of ketones is 1. The molecule has 0 aromatic carbocycles. The summed E-state index contributed by atoms with van der Waals surface area (Å²) in [6.45, 7) is 8.01. The summed E-state index contributed by atoms with van der Waals surface area (Å²) in [5.41, 5.74) is 1.76. The predicted octanol–water partition coefficient (Wildman–Crippen LogP) is 4.23. The number of fused-ring (bicyclic) bond motifs is 1. The Labute approximate surface area is 142 Å². The first kappa shape index (κ1) is 17.0. The zero-order valence-corrected chi connectivity index (χ0v) is 15.4.